The zero-order valence-electron chi connectivity index (χ0n) is 15.5. The number of carbonyl (C=O) groups is 1. The number of nitrogens with one attached hydrogen (secondary N) is 1. The largest absolute Gasteiger partial charge is 0.481 e. The van der Waals surface area contributed by atoms with Crippen molar-refractivity contribution in [1.29, 1.82) is 0 Å². The number of hydrogen-bond donors (Lipinski definition) is 1. The van der Waals surface area contributed by atoms with Crippen molar-refractivity contribution >= 4 is 15.7 Å². The molecule has 2 rings (SSSR count). The molecule has 0 radical (unpaired) electrons. The molecule has 2 aromatic carbocycles. The molecule has 5 nitrogen and oxygen atoms in total. The van der Waals surface area contributed by atoms with Gasteiger partial charge in [0.1, 0.15) is 5.75 Å². The van der Waals surface area contributed by atoms with Gasteiger partial charge in [-0.1, -0.05) is 31.2 Å². The summed E-state index contributed by atoms with van der Waals surface area (Å²) in [6.45, 7) is 5.63. The smallest absolute Gasteiger partial charge is 0.261 e. The van der Waals surface area contributed by atoms with Crippen LogP contribution in [0.2, 0.25) is 0 Å². The van der Waals surface area contributed by atoms with E-state index in [0.29, 0.717) is 12.2 Å². The van der Waals surface area contributed by atoms with Crippen molar-refractivity contribution in [2.45, 2.75) is 44.2 Å². The summed E-state index contributed by atoms with van der Waals surface area (Å²) in [5.41, 5.74) is 1.92. The van der Waals surface area contributed by atoms with Gasteiger partial charge in [-0.25, -0.2) is 8.42 Å². The van der Waals surface area contributed by atoms with Crippen LogP contribution >= 0.6 is 0 Å². The minimum Gasteiger partial charge on any atom is -0.481 e. The Morgan fingerprint density at radius 1 is 1.15 bits per heavy atom. The van der Waals surface area contributed by atoms with Crippen LogP contribution in [0.5, 0.6) is 5.75 Å². The van der Waals surface area contributed by atoms with E-state index >= 15 is 0 Å². The maximum atomic E-state index is 12.5. The molecule has 1 N–H and O–H groups in total. The molecule has 0 spiro atoms. The molecular weight excluding hydrogens is 350 g/mol. The second kappa shape index (κ2) is 8.36. The first-order valence-corrected chi connectivity index (χ1v) is 10.4. The van der Waals surface area contributed by atoms with Gasteiger partial charge < -0.3 is 10.1 Å². The first kappa shape index (κ1) is 20.0. The van der Waals surface area contributed by atoms with Crippen molar-refractivity contribution < 1.29 is 17.9 Å². The summed E-state index contributed by atoms with van der Waals surface area (Å²) in [5, 5.41) is 2.96. The summed E-state index contributed by atoms with van der Waals surface area (Å²) >= 11 is 0. The third-order valence-electron chi connectivity index (χ3n) is 4.11. The molecule has 0 bridgehead atoms. The second-order valence-electron chi connectivity index (χ2n) is 6.39. The highest BCUT2D eigenvalue weighted by atomic mass is 32.2. The van der Waals surface area contributed by atoms with E-state index in [-0.39, 0.29) is 16.8 Å². The highest BCUT2D eigenvalue weighted by molar-refractivity contribution is 7.90. The molecule has 0 aliphatic rings. The first-order chi connectivity index (χ1) is 12.2. The van der Waals surface area contributed by atoms with Gasteiger partial charge in [0, 0.05) is 6.26 Å². The molecule has 6 heteroatoms. The minimum absolute atomic E-state index is 0.209. The molecule has 2 atom stereocenters. The van der Waals surface area contributed by atoms with Crippen molar-refractivity contribution in [1.82, 2.24) is 5.32 Å². The molecule has 26 heavy (non-hydrogen) atoms. The summed E-state index contributed by atoms with van der Waals surface area (Å²) in [4.78, 5) is 12.7. The number of ether oxygens (including phenoxy) is 1. The Bertz CT molecular complexity index is 860. The lowest BCUT2D eigenvalue weighted by Crippen LogP contribution is -2.38. The predicted octanol–water partition coefficient (Wildman–Crippen LogP) is 3.43. The molecule has 0 fully saturated rings. The molecule has 0 aromatic heterocycles. The zero-order valence-corrected chi connectivity index (χ0v) is 16.3. The molecule has 0 saturated carbocycles. The average Bonchev–Trinajstić information content (AvgIpc) is 2.58. The lowest BCUT2D eigenvalue weighted by atomic mass is 10.0. The average molecular weight is 375 g/mol. The fraction of sp³-hybridized carbons (Fsp3) is 0.350. The fourth-order valence-corrected chi connectivity index (χ4v) is 3.23. The van der Waals surface area contributed by atoms with E-state index in [1.54, 1.807) is 31.2 Å². The van der Waals surface area contributed by atoms with Gasteiger partial charge in [0.25, 0.3) is 5.91 Å². The van der Waals surface area contributed by atoms with E-state index in [2.05, 4.69) is 5.32 Å². The maximum Gasteiger partial charge on any atom is 0.261 e. The Morgan fingerprint density at radius 2 is 1.81 bits per heavy atom. The number of rotatable bonds is 7. The highest BCUT2D eigenvalue weighted by Crippen LogP contribution is 2.20. The van der Waals surface area contributed by atoms with Crippen LogP contribution in [-0.4, -0.2) is 26.7 Å². The van der Waals surface area contributed by atoms with Crippen molar-refractivity contribution in [3.8, 4) is 5.75 Å². The van der Waals surface area contributed by atoms with E-state index in [9.17, 15) is 13.2 Å². The van der Waals surface area contributed by atoms with Crippen LogP contribution in [0, 0.1) is 6.92 Å². The Hall–Kier alpha value is -2.34. The number of hydrogen-bond acceptors (Lipinski definition) is 4. The third kappa shape index (κ3) is 5.33. The van der Waals surface area contributed by atoms with Crippen LogP contribution in [0.25, 0.3) is 0 Å². The van der Waals surface area contributed by atoms with Crippen LogP contribution in [0.4, 0.5) is 0 Å². The normalized spacial score (nSPS) is 13.7. The number of sulfone groups is 1. The number of carbonyl (C=O) groups excluding carboxylic acids is 1. The Labute approximate surface area is 155 Å². The molecule has 1 amide bonds. The van der Waals surface area contributed by atoms with Gasteiger partial charge in [-0.3, -0.25) is 4.79 Å². The van der Waals surface area contributed by atoms with Crippen LogP contribution in [0.1, 0.15) is 37.4 Å². The maximum absolute atomic E-state index is 12.5. The van der Waals surface area contributed by atoms with Crippen LogP contribution in [0.3, 0.4) is 0 Å². The van der Waals surface area contributed by atoms with E-state index in [4.69, 9.17) is 4.74 Å². The summed E-state index contributed by atoms with van der Waals surface area (Å²) < 4.78 is 28.8. The third-order valence-corrected chi connectivity index (χ3v) is 5.24. The SMILES string of the molecule is CC[C@H](NC(=O)[C@@H](C)Oc1cccc(C)c1)c1ccc(S(C)(=O)=O)cc1. The summed E-state index contributed by atoms with van der Waals surface area (Å²) in [7, 11) is -3.23. The van der Waals surface area contributed by atoms with Crippen molar-refractivity contribution in [2.75, 3.05) is 6.26 Å². The second-order valence-corrected chi connectivity index (χ2v) is 8.40. The van der Waals surface area contributed by atoms with Gasteiger partial charge in [-0.15, -0.1) is 0 Å². The first-order valence-electron chi connectivity index (χ1n) is 8.54. The summed E-state index contributed by atoms with van der Waals surface area (Å²) in [6.07, 6.45) is 1.22. The molecule has 0 aliphatic carbocycles. The number of benzene rings is 2. The van der Waals surface area contributed by atoms with Crippen molar-refractivity contribution in [3.63, 3.8) is 0 Å². The molecule has 0 saturated heterocycles. The van der Waals surface area contributed by atoms with Gasteiger partial charge in [0.15, 0.2) is 15.9 Å². The molecular formula is C20H25NO4S. The quantitative estimate of drug-likeness (QED) is 0.805. The van der Waals surface area contributed by atoms with E-state index in [1.165, 1.54) is 6.26 Å². The molecule has 0 heterocycles. The van der Waals surface area contributed by atoms with Gasteiger partial charge in [0.2, 0.25) is 0 Å². The fourth-order valence-electron chi connectivity index (χ4n) is 2.60. The van der Waals surface area contributed by atoms with Gasteiger partial charge in [-0.05, 0) is 55.7 Å². The van der Waals surface area contributed by atoms with E-state index in [0.717, 1.165) is 11.1 Å². The predicted molar refractivity (Wildman–Crippen MR) is 102 cm³/mol. The van der Waals surface area contributed by atoms with Crippen molar-refractivity contribution in [2.24, 2.45) is 0 Å². The highest BCUT2D eigenvalue weighted by Gasteiger charge is 2.20. The molecule has 0 unspecified atom stereocenters. The Balaban J connectivity index is 2.05. The Morgan fingerprint density at radius 3 is 2.35 bits per heavy atom. The molecule has 2 aromatic rings. The van der Waals surface area contributed by atoms with Gasteiger partial charge in [-0.2, -0.15) is 0 Å². The lowest BCUT2D eigenvalue weighted by molar-refractivity contribution is -0.128. The number of amides is 1. The van der Waals surface area contributed by atoms with Crippen LogP contribution in [0.15, 0.2) is 53.4 Å². The summed E-state index contributed by atoms with van der Waals surface area (Å²) in [6, 6.07) is 13.9. The zero-order chi connectivity index (χ0) is 19.3. The molecule has 140 valence electrons. The van der Waals surface area contributed by atoms with Gasteiger partial charge >= 0.3 is 0 Å². The van der Waals surface area contributed by atoms with Crippen molar-refractivity contribution in [3.05, 3.63) is 59.7 Å². The monoisotopic (exact) mass is 375 g/mol. The topological polar surface area (TPSA) is 72.5 Å². The van der Waals surface area contributed by atoms with Crippen LogP contribution < -0.4 is 10.1 Å². The lowest BCUT2D eigenvalue weighted by Gasteiger charge is -2.21. The van der Waals surface area contributed by atoms with Crippen LogP contribution in [-0.2, 0) is 14.6 Å². The van der Waals surface area contributed by atoms with E-state index < -0.39 is 15.9 Å². The van der Waals surface area contributed by atoms with Gasteiger partial charge in [0.05, 0.1) is 10.9 Å². The minimum atomic E-state index is -3.23. The van der Waals surface area contributed by atoms with E-state index in [1.807, 2.05) is 38.1 Å². The Kier molecular flexibility index (Phi) is 6.42. The standard InChI is InChI=1S/C20H25NO4S/c1-5-19(16-9-11-18(12-10-16)26(4,23)24)21-20(22)15(3)25-17-8-6-7-14(2)13-17/h6-13,15,19H,5H2,1-4H3,(H,21,22)/t15-,19+/m1/s1. The number of aryl methyl sites for hydroxylation is 1. The summed E-state index contributed by atoms with van der Waals surface area (Å²) in [5.74, 6) is 0.434. The molecule has 0 aliphatic heterocycles.